The quantitative estimate of drug-likeness (QED) is 0.939. The molecule has 1 fully saturated rings. The van der Waals surface area contributed by atoms with E-state index in [2.05, 4.69) is 22.8 Å². The Labute approximate surface area is 136 Å². The predicted octanol–water partition coefficient (Wildman–Crippen LogP) is 2.14. The Hall–Kier alpha value is -2.30. The third kappa shape index (κ3) is 3.23. The first-order valence-electron chi connectivity index (χ1n) is 8.19. The maximum Gasteiger partial charge on any atom is 0.224 e. The predicted molar refractivity (Wildman–Crippen MR) is 89.6 cm³/mol. The number of para-hydroxylation sites is 1. The Morgan fingerprint density at radius 2 is 2.00 bits per heavy atom. The van der Waals surface area contributed by atoms with Crippen molar-refractivity contribution >= 4 is 22.7 Å². The standard InChI is InChI=1S/C18H23N3O2/c1-13-6-7-15(18(19)23)12-21(13)17(22)9-11-20-10-8-14-4-2-3-5-16(14)20/h2-5,8,10,13,15H,6-7,9,11-12H2,1H3,(H2,19,23)/t13-,15+/m0/s1. The molecule has 0 saturated carbocycles. The summed E-state index contributed by atoms with van der Waals surface area (Å²) in [5, 5.41) is 1.18. The van der Waals surface area contributed by atoms with Gasteiger partial charge in [0.25, 0.3) is 0 Å². The molecule has 0 radical (unpaired) electrons. The van der Waals surface area contributed by atoms with Crippen molar-refractivity contribution in [1.29, 1.82) is 0 Å². The number of primary amides is 1. The van der Waals surface area contributed by atoms with E-state index in [0.29, 0.717) is 19.5 Å². The minimum atomic E-state index is -0.300. The van der Waals surface area contributed by atoms with Crippen LogP contribution in [0.5, 0.6) is 0 Å². The molecule has 1 aromatic carbocycles. The van der Waals surface area contributed by atoms with Crippen LogP contribution in [0.25, 0.3) is 10.9 Å². The lowest BCUT2D eigenvalue weighted by Crippen LogP contribution is -2.48. The number of nitrogens with two attached hydrogens (primary N) is 1. The normalized spacial score (nSPS) is 21.5. The van der Waals surface area contributed by atoms with Crippen LogP contribution in [-0.2, 0) is 16.1 Å². The highest BCUT2D eigenvalue weighted by Gasteiger charge is 2.31. The van der Waals surface area contributed by atoms with Crippen LogP contribution in [0.1, 0.15) is 26.2 Å². The number of nitrogens with zero attached hydrogens (tertiary/aromatic N) is 2. The van der Waals surface area contributed by atoms with Gasteiger partial charge in [0.1, 0.15) is 0 Å². The zero-order valence-electron chi connectivity index (χ0n) is 13.4. The van der Waals surface area contributed by atoms with Gasteiger partial charge in [-0.25, -0.2) is 0 Å². The zero-order chi connectivity index (χ0) is 16.4. The molecule has 5 nitrogen and oxygen atoms in total. The number of amides is 2. The topological polar surface area (TPSA) is 68.3 Å². The van der Waals surface area contributed by atoms with E-state index >= 15 is 0 Å². The highest BCUT2D eigenvalue weighted by Crippen LogP contribution is 2.23. The van der Waals surface area contributed by atoms with E-state index in [1.807, 2.05) is 30.2 Å². The maximum absolute atomic E-state index is 12.6. The number of carbonyl (C=O) groups excluding carboxylic acids is 2. The molecular weight excluding hydrogens is 290 g/mol. The van der Waals surface area contributed by atoms with Crippen molar-refractivity contribution < 1.29 is 9.59 Å². The maximum atomic E-state index is 12.6. The number of benzene rings is 1. The molecule has 1 aliphatic heterocycles. The van der Waals surface area contributed by atoms with E-state index in [4.69, 9.17) is 5.73 Å². The van der Waals surface area contributed by atoms with Gasteiger partial charge in [0.15, 0.2) is 0 Å². The van der Waals surface area contributed by atoms with Gasteiger partial charge < -0.3 is 15.2 Å². The number of hydrogen-bond donors (Lipinski definition) is 1. The van der Waals surface area contributed by atoms with Gasteiger partial charge >= 0.3 is 0 Å². The molecule has 2 atom stereocenters. The molecule has 1 aliphatic rings. The average Bonchev–Trinajstić information content (AvgIpc) is 2.96. The smallest absolute Gasteiger partial charge is 0.224 e. The van der Waals surface area contributed by atoms with Gasteiger partial charge in [-0.05, 0) is 37.3 Å². The Morgan fingerprint density at radius 1 is 1.22 bits per heavy atom. The van der Waals surface area contributed by atoms with Gasteiger partial charge in [0.05, 0.1) is 5.92 Å². The number of rotatable bonds is 4. The van der Waals surface area contributed by atoms with Crippen LogP contribution < -0.4 is 5.73 Å². The van der Waals surface area contributed by atoms with E-state index < -0.39 is 0 Å². The summed E-state index contributed by atoms with van der Waals surface area (Å²) in [4.78, 5) is 25.8. The summed E-state index contributed by atoms with van der Waals surface area (Å²) in [6.45, 7) is 3.15. The lowest BCUT2D eigenvalue weighted by molar-refractivity contribution is -0.137. The molecule has 2 heterocycles. The van der Waals surface area contributed by atoms with Crippen molar-refractivity contribution in [3.63, 3.8) is 0 Å². The molecule has 2 amide bonds. The van der Waals surface area contributed by atoms with Gasteiger partial charge in [-0.15, -0.1) is 0 Å². The fourth-order valence-corrected chi connectivity index (χ4v) is 3.38. The summed E-state index contributed by atoms with van der Waals surface area (Å²) in [6.07, 6.45) is 4.08. The number of piperidine rings is 1. The van der Waals surface area contributed by atoms with Gasteiger partial charge in [-0.1, -0.05) is 18.2 Å². The summed E-state index contributed by atoms with van der Waals surface area (Å²) < 4.78 is 2.10. The molecule has 2 aromatic rings. The molecule has 0 bridgehead atoms. The van der Waals surface area contributed by atoms with Crippen LogP contribution in [0.2, 0.25) is 0 Å². The summed E-state index contributed by atoms with van der Waals surface area (Å²) in [5.41, 5.74) is 6.55. The largest absolute Gasteiger partial charge is 0.369 e. The van der Waals surface area contributed by atoms with Crippen LogP contribution in [0.3, 0.4) is 0 Å². The molecule has 2 N–H and O–H groups in total. The van der Waals surface area contributed by atoms with Crippen LogP contribution in [0.4, 0.5) is 0 Å². The van der Waals surface area contributed by atoms with Crippen molar-refractivity contribution in [2.24, 2.45) is 11.7 Å². The Morgan fingerprint density at radius 3 is 2.78 bits per heavy atom. The summed E-state index contributed by atoms with van der Waals surface area (Å²) >= 11 is 0. The molecule has 0 spiro atoms. The first kappa shape index (κ1) is 15.6. The first-order valence-corrected chi connectivity index (χ1v) is 8.19. The summed E-state index contributed by atoms with van der Waals surface area (Å²) in [6, 6.07) is 10.4. The minimum Gasteiger partial charge on any atom is -0.369 e. The molecule has 122 valence electrons. The Balaban J connectivity index is 1.65. The fraction of sp³-hybridized carbons (Fsp3) is 0.444. The number of hydrogen-bond acceptors (Lipinski definition) is 2. The van der Waals surface area contributed by atoms with Gasteiger partial charge in [-0.3, -0.25) is 9.59 Å². The van der Waals surface area contributed by atoms with Gasteiger partial charge in [-0.2, -0.15) is 0 Å². The van der Waals surface area contributed by atoms with Crippen molar-refractivity contribution in [1.82, 2.24) is 9.47 Å². The third-order valence-electron chi connectivity index (χ3n) is 4.85. The second kappa shape index (κ2) is 6.44. The highest BCUT2D eigenvalue weighted by atomic mass is 16.2. The van der Waals surface area contributed by atoms with Crippen molar-refractivity contribution in [3.8, 4) is 0 Å². The SMILES string of the molecule is C[C@H]1CC[C@@H](C(N)=O)CN1C(=O)CCn1ccc2ccccc21. The molecule has 5 heteroatoms. The van der Waals surface area contributed by atoms with Crippen LogP contribution in [-0.4, -0.2) is 33.9 Å². The lowest BCUT2D eigenvalue weighted by atomic mass is 9.92. The molecule has 1 saturated heterocycles. The number of likely N-dealkylation sites (tertiary alicyclic amines) is 1. The number of carbonyl (C=O) groups is 2. The van der Waals surface area contributed by atoms with Gasteiger partial charge in [0.2, 0.25) is 11.8 Å². The molecule has 0 aliphatic carbocycles. The van der Waals surface area contributed by atoms with Crippen molar-refractivity contribution in [2.75, 3.05) is 6.54 Å². The minimum absolute atomic E-state index is 0.0984. The first-order chi connectivity index (χ1) is 11.1. The molecule has 3 rings (SSSR count). The lowest BCUT2D eigenvalue weighted by Gasteiger charge is -2.37. The summed E-state index contributed by atoms with van der Waals surface area (Å²) in [7, 11) is 0. The van der Waals surface area contributed by atoms with E-state index in [1.54, 1.807) is 0 Å². The Kier molecular flexibility index (Phi) is 4.37. The zero-order valence-corrected chi connectivity index (χ0v) is 13.4. The number of aryl methyl sites for hydroxylation is 1. The monoisotopic (exact) mass is 313 g/mol. The van der Waals surface area contributed by atoms with Crippen LogP contribution >= 0.6 is 0 Å². The third-order valence-corrected chi connectivity index (χ3v) is 4.85. The second-order valence-electron chi connectivity index (χ2n) is 6.39. The number of aromatic nitrogens is 1. The van der Waals surface area contributed by atoms with E-state index in [-0.39, 0.29) is 23.8 Å². The fourth-order valence-electron chi connectivity index (χ4n) is 3.38. The second-order valence-corrected chi connectivity index (χ2v) is 6.39. The van der Waals surface area contributed by atoms with Crippen molar-refractivity contribution in [3.05, 3.63) is 36.5 Å². The van der Waals surface area contributed by atoms with Crippen LogP contribution in [0.15, 0.2) is 36.5 Å². The average molecular weight is 313 g/mol. The van der Waals surface area contributed by atoms with Crippen LogP contribution in [0, 0.1) is 5.92 Å². The van der Waals surface area contributed by atoms with Crippen molar-refractivity contribution in [2.45, 2.75) is 38.8 Å². The summed E-state index contributed by atoms with van der Waals surface area (Å²) in [5.74, 6) is -0.408. The molecule has 0 unspecified atom stereocenters. The number of fused-ring (bicyclic) bond motifs is 1. The van der Waals surface area contributed by atoms with E-state index in [1.165, 1.54) is 5.39 Å². The van der Waals surface area contributed by atoms with Gasteiger partial charge in [0, 0.05) is 37.3 Å². The molecule has 23 heavy (non-hydrogen) atoms. The van der Waals surface area contributed by atoms with E-state index in [0.717, 1.165) is 18.4 Å². The molecular formula is C18H23N3O2. The highest BCUT2D eigenvalue weighted by molar-refractivity contribution is 5.82. The molecule has 1 aromatic heterocycles. The van der Waals surface area contributed by atoms with E-state index in [9.17, 15) is 9.59 Å². The Bertz CT molecular complexity index is 722.